The van der Waals surface area contributed by atoms with Gasteiger partial charge in [0.2, 0.25) is 0 Å². The smallest absolute Gasteiger partial charge is 0.0920 e. The van der Waals surface area contributed by atoms with Gasteiger partial charge in [0.25, 0.3) is 0 Å². The molecule has 0 radical (unpaired) electrons. The molecule has 18 heavy (non-hydrogen) atoms. The van der Waals surface area contributed by atoms with Gasteiger partial charge in [-0.3, -0.25) is 0 Å². The zero-order valence-electron chi connectivity index (χ0n) is 11.0. The summed E-state index contributed by atoms with van der Waals surface area (Å²) in [6, 6.07) is 7.62. The van der Waals surface area contributed by atoms with E-state index in [1.807, 2.05) is 24.3 Å². The van der Waals surface area contributed by atoms with Crippen LogP contribution in [0.2, 0.25) is 5.02 Å². The molecule has 0 unspecified atom stereocenters. The minimum Gasteiger partial charge on any atom is -0.385 e. The van der Waals surface area contributed by atoms with Gasteiger partial charge in [0.1, 0.15) is 0 Å². The highest BCUT2D eigenvalue weighted by Gasteiger charge is 2.33. The molecular weight excluding hydrogens is 246 g/mol. The molecule has 0 aromatic heterocycles. The molecule has 1 aliphatic heterocycles. The van der Waals surface area contributed by atoms with Gasteiger partial charge < -0.3 is 10.0 Å². The molecule has 0 bridgehead atoms. The number of benzene rings is 1. The second-order valence-electron chi connectivity index (χ2n) is 5.23. The molecule has 1 fully saturated rings. The van der Waals surface area contributed by atoms with Gasteiger partial charge in [-0.2, -0.15) is 0 Å². The number of hydrogen-bond acceptors (Lipinski definition) is 2. The first-order chi connectivity index (χ1) is 8.64. The second-order valence-corrected chi connectivity index (χ2v) is 5.67. The van der Waals surface area contributed by atoms with Crippen molar-refractivity contribution in [2.24, 2.45) is 0 Å². The average Bonchev–Trinajstić information content (AvgIpc) is 2.39. The summed E-state index contributed by atoms with van der Waals surface area (Å²) in [6.07, 6.45) is 4.12. The van der Waals surface area contributed by atoms with Gasteiger partial charge in [-0.05, 0) is 43.5 Å². The molecule has 1 heterocycles. The fourth-order valence-electron chi connectivity index (χ4n) is 2.58. The molecule has 1 aliphatic rings. The molecule has 0 atom stereocenters. The van der Waals surface area contributed by atoms with Gasteiger partial charge in [0.05, 0.1) is 5.60 Å². The van der Waals surface area contributed by atoms with Crippen molar-refractivity contribution >= 4 is 11.6 Å². The van der Waals surface area contributed by atoms with E-state index in [-0.39, 0.29) is 0 Å². The number of likely N-dealkylation sites (tertiary alicyclic amines) is 1. The van der Waals surface area contributed by atoms with Gasteiger partial charge in [-0.25, -0.2) is 0 Å². The quantitative estimate of drug-likeness (QED) is 0.904. The Morgan fingerprint density at radius 1 is 1.22 bits per heavy atom. The predicted molar refractivity (Wildman–Crippen MR) is 75.9 cm³/mol. The molecule has 3 heteroatoms. The van der Waals surface area contributed by atoms with E-state index in [2.05, 4.69) is 11.8 Å². The maximum Gasteiger partial charge on any atom is 0.0920 e. The summed E-state index contributed by atoms with van der Waals surface area (Å²) in [4.78, 5) is 2.45. The fraction of sp³-hybridized carbons (Fsp3) is 0.600. The summed E-state index contributed by atoms with van der Waals surface area (Å²) in [5.41, 5.74) is 0.342. The zero-order chi connectivity index (χ0) is 13.0. The Bertz CT molecular complexity index is 369. The summed E-state index contributed by atoms with van der Waals surface area (Å²) < 4.78 is 0. The molecule has 100 valence electrons. The van der Waals surface area contributed by atoms with Crippen LogP contribution in [0.5, 0.6) is 0 Å². The van der Waals surface area contributed by atoms with Crippen LogP contribution in [0.1, 0.15) is 38.2 Å². The first-order valence-corrected chi connectivity index (χ1v) is 7.22. The number of nitrogens with zero attached hydrogens (tertiary/aromatic N) is 1. The molecule has 1 aromatic carbocycles. The third-order valence-electron chi connectivity index (χ3n) is 3.89. The summed E-state index contributed by atoms with van der Waals surface area (Å²) in [5.74, 6) is 0. The van der Waals surface area contributed by atoms with Crippen LogP contribution < -0.4 is 0 Å². The lowest BCUT2D eigenvalue weighted by Crippen LogP contribution is -2.42. The summed E-state index contributed by atoms with van der Waals surface area (Å²) in [7, 11) is 0. The van der Waals surface area contributed by atoms with Crippen molar-refractivity contribution in [3.63, 3.8) is 0 Å². The SMILES string of the molecule is CCCCN1CCC(O)(c2ccc(Cl)cc2)CC1. The minimum atomic E-state index is -0.659. The molecule has 1 N–H and O–H groups in total. The lowest BCUT2D eigenvalue weighted by molar-refractivity contribution is -0.0260. The molecule has 2 rings (SSSR count). The number of rotatable bonds is 4. The third kappa shape index (κ3) is 3.25. The number of unbranched alkanes of at least 4 members (excludes halogenated alkanes) is 1. The van der Waals surface area contributed by atoms with Crippen molar-refractivity contribution in [3.8, 4) is 0 Å². The van der Waals surface area contributed by atoms with Crippen LogP contribution in [-0.4, -0.2) is 29.6 Å². The lowest BCUT2D eigenvalue weighted by atomic mass is 9.84. The van der Waals surface area contributed by atoms with Gasteiger partial charge in [0, 0.05) is 18.1 Å². The fourth-order valence-corrected chi connectivity index (χ4v) is 2.70. The van der Waals surface area contributed by atoms with Gasteiger partial charge >= 0.3 is 0 Å². The van der Waals surface area contributed by atoms with Crippen molar-refractivity contribution in [1.29, 1.82) is 0 Å². The highest BCUT2D eigenvalue weighted by molar-refractivity contribution is 6.30. The Morgan fingerprint density at radius 3 is 2.39 bits per heavy atom. The van der Waals surface area contributed by atoms with E-state index in [1.54, 1.807) is 0 Å². The monoisotopic (exact) mass is 267 g/mol. The van der Waals surface area contributed by atoms with Crippen LogP contribution in [0.3, 0.4) is 0 Å². The standard InChI is InChI=1S/C15H22ClNO/c1-2-3-10-17-11-8-15(18,9-12-17)13-4-6-14(16)7-5-13/h4-7,18H,2-3,8-12H2,1H3. The number of aliphatic hydroxyl groups is 1. The zero-order valence-corrected chi connectivity index (χ0v) is 11.8. The summed E-state index contributed by atoms with van der Waals surface area (Å²) in [5, 5.41) is 11.4. The predicted octanol–water partition coefficient (Wildman–Crippen LogP) is 3.42. The van der Waals surface area contributed by atoms with E-state index >= 15 is 0 Å². The molecular formula is C15H22ClNO. The Kier molecular flexibility index (Phi) is 4.66. The topological polar surface area (TPSA) is 23.5 Å². The van der Waals surface area contributed by atoms with E-state index in [4.69, 9.17) is 11.6 Å². The van der Waals surface area contributed by atoms with E-state index in [9.17, 15) is 5.11 Å². The first kappa shape index (κ1) is 13.9. The summed E-state index contributed by atoms with van der Waals surface area (Å²) >= 11 is 5.89. The maximum absolute atomic E-state index is 10.7. The second kappa shape index (κ2) is 6.05. The molecule has 0 amide bonds. The van der Waals surface area contributed by atoms with Crippen LogP contribution in [0, 0.1) is 0 Å². The Labute approximate surface area is 115 Å². The van der Waals surface area contributed by atoms with Gasteiger partial charge in [-0.15, -0.1) is 0 Å². The molecule has 2 nitrogen and oxygen atoms in total. The Hall–Kier alpha value is -0.570. The normalized spacial score (nSPS) is 19.9. The average molecular weight is 268 g/mol. The number of piperidine rings is 1. The Morgan fingerprint density at radius 2 is 1.83 bits per heavy atom. The Balaban J connectivity index is 1.96. The van der Waals surface area contributed by atoms with Crippen LogP contribution in [0.25, 0.3) is 0 Å². The van der Waals surface area contributed by atoms with Crippen molar-refractivity contribution in [1.82, 2.24) is 4.90 Å². The largest absolute Gasteiger partial charge is 0.385 e. The molecule has 1 aromatic rings. The van der Waals surface area contributed by atoms with Crippen molar-refractivity contribution in [3.05, 3.63) is 34.9 Å². The van der Waals surface area contributed by atoms with Crippen LogP contribution >= 0.6 is 11.6 Å². The minimum absolute atomic E-state index is 0.659. The molecule has 1 saturated heterocycles. The van der Waals surface area contributed by atoms with E-state index in [0.717, 1.165) is 43.1 Å². The molecule has 0 saturated carbocycles. The molecule has 0 spiro atoms. The first-order valence-electron chi connectivity index (χ1n) is 6.85. The van der Waals surface area contributed by atoms with Crippen molar-refractivity contribution < 1.29 is 5.11 Å². The summed E-state index contributed by atoms with van der Waals surface area (Å²) in [6.45, 7) is 5.35. The lowest BCUT2D eigenvalue weighted by Gasteiger charge is -2.38. The van der Waals surface area contributed by atoms with Crippen LogP contribution in [0.15, 0.2) is 24.3 Å². The third-order valence-corrected chi connectivity index (χ3v) is 4.14. The van der Waals surface area contributed by atoms with Crippen LogP contribution in [0.4, 0.5) is 0 Å². The van der Waals surface area contributed by atoms with E-state index in [1.165, 1.54) is 12.8 Å². The highest BCUT2D eigenvalue weighted by Crippen LogP contribution is 2.33. The molecule has 0 aliphatic carbocycles. The maximum atomic E-state index is 10.7. The van der Waals surface area contributed by atoms with E-state index < -0.39 is 5.60 Å². The highest BCUT2D eigenvalue weighted by atomic mass is 35.5. The van der Waals surface area contributed by atoms with E-state index in [0.29, 0.717) is 0 Å². The van der Waals surface area contributed by atoms with Gasteiger partial charge in [0.15, 0.2) is 0 Å². The number of hydrogen-bond donors (Lipinski definition) is 1. The van der Waals surface area contributed by atoms with Gasteiger partial charge in [-0.1, -0.05) is 37.1 Å². The van der Waals surface area contributed by atoms with Crippen LogP contribution in [-0.2, 0) is 5.60 Å². The van der Waals surface area contributed by atoms with Crippen molar-refractivity contribution in [2.75, 3.05) is 19.6 Å². The number of halogens is 1. The van der Waals surface area contributed by atoms with Crippen molar-refractivity contribution in [2.45, 2.75) is 38.2 Å².